The first kappa shape index (κ1) is 12.6. The van der Waals surface area contributed by atoms with Gasteiger partial charge in [-0.1, -0.05) is 29.8 Å². The fraction of sp³-hybridized carbons (Fsp3) is 0.200. The van der Waals surface area contributed by atoms with Crippen molar-refractivity contribution in [3.05, 3.63) is 65.5 Å². The number of hydrogen-bond acceptors (Lipinski definition) is 2. The average Bonchev–Trinajstić information content (AvgIpc) is 2.38. The lowest BCUT2D eigenvalue weighted by Gasteiger charge is -2.18. The molecule has 0 fully saturated rings. The molecule has 2 aromatic carbocycles. The van der Waals surface area contributed by atoms with E-state index in [-0.39, 0.29) is 11.9 Å². The van der Waals surface area contributed by atoms with Gasteiger partial charge in [0, 0.05) is 6.54 Å². The summed E-state index contributed by atoms with van der Waals surface area (Å²) in [6.07, 6.45) is -0.213. The van der Waals surface area contributed by atoms with Gasteiger partial charge in [0.2, 0.25) is 0 Å². The van der Waals surface area contributed by atoms with Crippen LogP contribution in [0, 0.1) is 12.7 Å². The molecule has 0 aliphatic rings. The monoisotopic (exact) mass is 245 g/mol. The molecule has 1 unspecified atom stereocenters. The molecule has 0 heterocycles. The van der Waals surface area contributed by atoms with E-state index < -0.39 is 0 Å². The van der Waals surface area contributed by atoms with Crippen LogP contribution in [0.3, 0.4) is 0 Å². The van der Waals surface area contributed by atoms with E-state index in [0.717, 1.165) is 11.1 Å². The van der Waals surface area contributed by atoms with Gasteiger partial charge < -0.3 is 10.5 Å². The molecular weight excluding hydrogens is 229 g/mol. The number of ether oxygens (including phenoxy) is 1. The van der Waals surface area contributed by atoms with Gasteiger partial charge in [0.05, 0.1) is 0 Å². The summed E-state index contributed by atoms with van der Waals surface area (Å²) in [4.78, 5) is 0. The van der Waals surface area contributed by atoms with Gasteiger partial charge in [-0.3, -0.25) is 0 Å². The fourth-order valence-electron chi connectivity index (χ4n) is 1.80. The van der Waals surface area contributed by atoms with Gasteiger partial charge in [-0.25, -0.2) is 4.39 Å². The number of halogens is 1. The van der Waals surface area contributed by atoms with Crippen molar-refractivity contribution in [2.45, 2.75) is 13.0 Å². The summed E-state index contributed by atoms with van der Waals surface area (Å²) < 4.78 is 18.6. The topological polar surface area (TPSA) is 35.2 Å². The van der Waals surface area contributed by atoms with Crippen LogP contribution in [0.25, 0.3) is 0 Å². The Balaban J connectivity index is 2.17. The maximum Gasteiger partial charge on any atom is 0.136 e. The molecule has 18 heavy (non-hydrogen) atoms. The van der Waals surface area contributed by atoms with E-state index in [1.807, 2.05) is 31.2 Å². The molecule has 0 aromatic heterocycles. The van der Waals surface area contributed by atoms with Crippen molar-refractivity contribution in [1.82, 2.24) is 0 Å². The Hall–Kier alpha value is -1.87. The Morgan fingerprint density at radius 3 is 2.50 bits per heavy atom. The zero-order valence-electron chi connectivity index (χ0n) is 10.3. The van der Waals surface area contributed by atoms with Crippen LogP contribution < -0.4 is 10.5 Å². The third kappa shape index (κ3) is 3.08. The normalized spacial score (nSPS) is 12.2. The van der Waals surface area contributed by atoms with Gasteiger partial charge >= 0.3 is 0 Å². The molecule has 3 heteroatoms. The number of aryl methyl sites for hydroxylation is 1. The maximum atomic E-state index is 12.8. The molecule has 2 N–H and O–H groups in total. The van der Waals surface area contributed by atoms with Crippen molar-refractivity contribution in [2.75, 3.05) is 6.54 Å². The highest BCUT2D eigenvalue weighted by atomic mass is 19.1. The highest BCUT2D eigenvalue weighted by Gasteiger charge is 2.11. The fourth-order valence-corrected chi connectivity index (χ4v) is 1.80. The van der Waals surface area contributed by atoms with Crippen LogP contribution in [0.15, 0.2) is 48.5 Å². The zero-order valence-corrected chi connectivity index (χ0v) is 10.3. The summed E-state index contributed by atoms with van der Waals surface area (Å²) in [5, 5.41) is 0. The molecule has 0 aliphatic heterocycles. The first-order valence-electron chi connectivity index (χ1n) is 5.88. The van der Waals surface area contributed by atoms with Crippen molar-refractivity contribution in [3.63, 3.8) is 0 Å². The molecule has 1 atom stereocenters. The summed E-state index contributed by atoms with van der Waals surface area (Å²) in [5.41, 5.74) is 7.92. The van der Waals surface area contributed by atoms with E-state index in [4.69, 9.17) is 10.5 Å². The molecule has 0 amide bonds. The third-order valence-corrected chi connectivity index (χ3v) is 2.72. The number of hydrogen-bond donors (Lipinski definition) is 1. The predicted molar refractivity (Wildman–Crippen MR) is 70.0 cm³/mol. The minimum absolute atomic E-state index is 0.213. The number of nitrogens with two attached hydrogens (primary N) is 1. The highest BCUT2D eigenvalue weighted by molar-refractivity contribution is 5.27. The van der Waals surface area contributed by atoms with Gasteiger partial charge in [-0.2, -0.15) is 0 Å². The highest BCUT2D eigenvalue weighted by Crippen LogP contribution is 2.22. The van der Waals surface area contributed by atoms with Crippen LogP contribution in [-0.4, -0.2) is 6.54 Å². The van der Waals surface area contributed by atoms with E-state index in [2.05, 4.69) is 0 Å². The molecule has 0 bridgehead atoms. The minimum atomic E-state index is -0.276. The van der Waals surface area contributed by atoms with E-state index in [1.165, 1.54) is 12.1 Å². The summed E-state index contributed by atoms with van der Waals surface area (Å²) in [6, 6.07) is 14.0. The zero-order chi connectivity index (χ0) is 13.0. The Bertz CT molecular complexity index is 510. The van der Waals surface area contributed by atoms with Gasteiger partial charge in [0.15, 0.2) is 0 Å². The lowest BCUT2D eigenvalue weighted by molar-refractivity contribution is 0.214. The first-order valence-corrected chi connectivity index (χ1v) is 5.88. The van der Waals surface area contributed by atoms with E-state index >= 15 is 0 Å². The Morgan fingerprint density at radius 2 is 1.89 bits per heavy atom. The molecule has 94 valence electrons. The van der Waals surface area contributed by atoms with Gasteiger partial charge in [-0.15, -0.1) is 0 Å². The number of rotatable bonds is 4. The van der Waals surface area contributed by atoms with Crippen molar-refractivity contribution < 1.29 is 9.13 Å². The van der Waals surface area contributed by atoms with Crippen LogP contribution in [0.5, 0.6) is 5.75 Å². The molecule has 0 radical (unpaired) electrons. The summed E-state index contributed by atoms with van der Waals surface area (Å²) in [6.45, 7) is 2.40. The Kier molecular flexibility index (Phi) is 3.95. The van der Waals surface area contributed by atoms with Crippen molar-refractivity contribution in [3.8, 4) is 5.75 Å². The molecule has 0 aliphatic carbocycles. The van der Waals surface area contributed by atoms with E-state index in [9.17, 15) is 4.39 Å². The van der Waals surface area contributed by atoms with Crippen LogP contribution >= 0.6 is 0 Å². The second-order valence-corrected chi connectivity index (χ2v) is 4.21. The maximum absolute atomic E-state index is 12.8. The van der Waals surface area contributed by atoms with Gasteiger partial charge in [0.1, 0.15) is 17.7 Å². The van der Waals surface area contributed by atoms with Gasteiger partial charge in [-0.05, 0) is 36.8 Å². The molecule has 2 rings (SSSR count). The molecule has 0 spiro atoms. The van der Waals surface area contributed by atoms with E-state index in [0.29, 0.717) is 12.3 Å². The van der Waals surface area contributed by atoms with Gasteiger partial charge in [0.25, 0.3) is 0 Å². The third-order valence-electron chi connectivity index (χ3n) is 2.72. The van der Waals surface area contributed by atoms with Crippen LogP contribution in [0.1, 0.15) is 17.2 Å². The SMILES string of the molecule is Cc1cccc(C(CN)Oc2ccc(F)cc2)c1. The van der Waals surface area contributed by atoms with Crippen molar-refractivity contribution >= 4 is 0 Å². The second kappa shape index (κ2) is 5.65. The minimum Gasteiger partial charge on any atom is -0.484 e. The summed E-state index contributed by atoms with van der Waals surface area (Å²) in [5.74, 6) is 0.343. The van der Waals surface area contributed by atoms with E-state index in [1.54, 1.807) is 12.1 Å². The first-order chi connectivity index (χ1) is 8.69. The van der Waals surface area contributed by atoms with Crippen molar-refractivity contribution in [1.29, 1.82) is 0 Å². The molecular formula is C15H16FNO. The summed E-state index contributed by atoms with van der Waals surface area (Å²) >= 11 is 0. The van der Waals surface area contributed by atoms with Crippen LogP contribution in [-0.2, 0) is 0 Å². The second-order valence-electron chi connectivity index (χ2n) is 4.21. The molecule has 2 aromatic rings. The lowest BCUT2D eigenvalue weighted by atomic mass is 10.1. The largest absolute Gasteiger partial charge is 0.484 e. The molecule has 2 nitrogen and oxygen atoms in total. The molecule has 0 saturated heterocycles. The predicted octanol–water partition coefficient (Wildman–Crippen LogP) is 3.21. The van der Waals surface area contributed by atoms with Crippen LogP contribution in [0.2, 0.25) is 0 Å². The quantitative estimate of drug-likeness (QED) is 0.897. The lowest BCUT2D eigenvalue weighted by Crippen LogP contribution is -2.18. The standard InChI is InChI=1S/C15H16FNO/c1-11-3-2-4-12(9-11)15(10-17)18-14-7-5-13(16)6-8-14/h2-9,15H,10,17H2,1H3. The summed E-state index contributed by atoms with van der Waals surface area (Å²) in [7, 11) is 0. The smallest absolute Gasteiger partial charge is 0.136 e. The average molecular weight is 245 g/mol. The van der Waals surface area contributed by atoms with Crippen LogP contribution in [0.4, 0.5) is 4.39 Å². The molecule has 0 saturated carbocycles. The Morgan fingerprint density at radius 1 is 1.17 bits per heavy atom. The Labute approximate surface area is 106 Å². The van der Waals surface area contributed by atoms with Crippen molar-refractivity contribution in [2.24, 2.45) is 5.73 Å². The number of benzene rings is 2.